The molecule has 190 valence electrons. The van der Waals surface area contributed by atoms with Crippen molar-refractivity contribution in [1.29, 1.82) is 0 Å². The van der Waals surface area contributed by atoms with Crippen molar-refractivity contribution >= 4 is 34.9 Å². The van der Waals surface area contributed by atoms with Gasteiger partial charge in [0.1, 0.15) is 5.78 Å². The Morgan fingerprint density at radius 2 is 1.57 bits per heavy atom. The van der Waals surface area contributed by atoms with E-state index in [2.05, 4.69) is 18.7 Å². The Bertz CT molecular complexity index is 939. The zero-order chi connectivity index (χ0) is 25.2. The van der Waals surface area contributed by atoms with Crippen molar-refractivity contribution in [3.05, 3.63) is 59.1 Å². The molecule has 0 heterocycles. The molecule has 35 heavy (non-hydrogen) atoms. The van der Waals surface area contributed by atoms with Gasteiger partial charge in [-0.15, -0.1) is 0 Å². The molecule has 2 aromatic carbocycles. The van der Waals surface area contributed by atoms with Gasteiger partial charge in [-0.3, -0.25) is 4.79 Å². The van der Waals surface area contributed by atoms with Crippen LogP contribution in [-0.4, -0.2) is 41.0 Å². The predicted octanol–water partition coefficient (Wildman–Crippen LogP) is 7.73. The van der Waals surface area contributed by atoms with Crippen molar-refractivity contribution < 1.29 is 14.7 Å². The molecule has 0 spiro atoms. The molecule has 2 aromatic rings. The maximum Gasteiger partial charge on any atom is 0.416 e. The van der Waals surface area contributed by atoms with E-state index < -0.39 is 6.09 Å². The Kier molecular flexibility index (Phi) is 10.6. The van der Waals surface area contributed by atoms with Crippen molar-refractivity contribution in [3.63, 3.8) is 0 Å². The summed E-state index contributed by atoms with van der Waals surface area (Å²) in [6.45, 7) is 6.39. The molecule has 3 rings (SSSR count). The molecule has 0 bridgehead atoms. The van der Waals surface area contributed by atoms with Gasteiger partial charge in [0, 0.05) is 23.4 Å². The Morgan fingerprint density at radius 1 is 0.971 bits per heavy atom. The number of halogens is 1. The fourth-order valence-corrected chi connectivity index (χ4v) is 5.26. The Labute approximate surface area is 215 Å². The van der Waals surface area contributed by atoms with Gasteiger partial charge in [0.25, 0.3) is 0 Å². The highest BCUT2D eigenvalue weighted by Gasteiger charge is 2.22. The number of hydrogen-bond donors (Lipinski definition) is 1. The van der Waals surface area contributed by atoms with Crippen LogP contribution in [0.1, 0.15) is 70.8 Å². The van der Waals surface area contributed by atoms with Crippen LogP contribution in [0.25, 0.3) is 0 Å². The van der Waals surface area contributed by atoms with Crippen molar-refractivity contribution in [2.45, 2.75) is 77.7 Å². The number of carbonyl (C=O) groups excluding carboxylic acids is 1. The normalized spacial score (nSPS) is 15.2. The van der Waals surface area contributed by atoms with Crippen LogP contribution in [0, 0.1) is 5.92 Å². The predicted molar refractivity (Wildman–Crippen MR) is 144 cm³/mol. The van der Waals surface area contributed by atoms with Gasteiger partial charge < -0.3 is 10.0 Å². The molecule has 1 atom stereocenters. The number of carbonyl (C=O) groups is 2. The monoisotopic (exact) mass is 498 g/mol. The first kappa shape index (κ1) is 27.2. The largest absolute Gasteiger partial charge is 0.464 e. The smallest absolute Gasteiger partial charge is 0.416 e. The number of nitrogens with zero attached hydrogens (tertiary/aromatic N) is 2. The molecule has 1 fully saturated rings. The average molecular weight is 499 g/mol. The van der Waals surface area contributed by atoms with E-state index in [-0.39, 0.29) is 0 Å². The minimum Gasteiger partial charge on any atom is -0.464 e. The highest BCUT2D eigenvalue weighted by molar-refractivity contribution is 6.30. The van der Waals surface area contributed by atoms with Crippen molar-refractivity contribution in [2.24, 2.45) is 5.92 Å². The lowest BCUT2D eigenvalue weighted by molar-refractivity contribution is -0.124. The maximum atomic E-state index is 12.6. The number of amides is 1. The average Bonchev–Trinajstić information content (AvgIpc) is 2.86. The SMILES string of the molecule is CCCN(CCCC(=O)C1CCCCC1)C(C)Cc1ccc(N(C(=O)O)c2ccc(Cl)cc2)cc1. The Morgan fingerprint density at radius 3 is 2.14 bits per heavy atom. The number of hydrogen-bond acceptors (Lipinski definition) is 3. The van der Waals surface area contributed by atoms with Crippen LogP contribution in [0.3, 0.4) is 0 Å². The molecule has 1 unspecified atom stereocenters. The summed E-state index contributed by atoms with van der Waals surface area (Å²) < 4.78 is 0. The van der Waals surface area contributed by atoms with E-state index in [4.69, 9.17) is 11.6 Å². The van der Waals surface area contributed by atoms with E-state index in [0.717, 1.165) is 45.2 Å². The minimum atomic E-state index is -1.04. The lowest BCUT2D eigenvalue weighted by atomic mass is 9.85. The molecule has 1 N–H and O–H groups in total. The van der Waals surface area contributed by atoms with Crippen molar-refractivity contribution in [2.75, 3.05) is 18.0 Å². The fraction of sp³-hybridized carbons (Fsp3) is 0.517. The second-order valence-electron chi connectivity index (χ2n) is 9.75. The highest BCUT2D eigenvalue weighted by Crippen LogP contribution is 2.28. The summed E-state index contributed by atoms with van der Waals surface area (Å²) in [7, 11) is 0. The summed E-state index contributed by atoms with van der Waals surface area (Å²) in [5.74, 6) is 0.769. The summed E-state index contributed by atoms with van der Waals surface area (Å²) >= 11 is 5.96. The van der Waals surface area contributed by atoms with E-state index in [0.29, 0.717) is 40.6 Å². The first-order chi connectivity index (χ1) is 16.9. The molecule has 0 saturated heterocycles. The van der Waals surface area contributed by atoms with Crippen molar-refractivity contribution in [1.82, 2.24) is 4.90 Å². The van der Waals surface area contributed by atoms with Crippen LogP contribution in [0.5, 0.6) is 0 Å². The minimum absolute atomic E-state index is 0.303. The maximum absolute atomic E-state index is 12.6. The van der Waals surface area contributed by atoms with Gasteiger partial charge in [0.2, 0.25) is 0 Å². The summed E-state index contributed by atoms with van der Waals surface area (Å²) in [6, 6.07) is 14.9. The lowest BCUT2D eigenvalue weighted by Gasteiger charge is -2.29. The van der Waals surface area contributed by atoms with E-state index >= 15 is 0 Å². The van der Waals surface area contributed by atoms with Crippen LogP contribution in [-0.2, 0) is 11.2 Å². The van der Waals surface area contributed by atoms with E-state index in [1.54, 1.807) is 24.3 Å². The first-order valence-electron chi connectivity index (χ1n) is 13.0. The van der Waals surface area contributed by atoms with Gasteiger partial charge in [0.15, 0.2) is 0 Å². The third-order valence-electron chi connectivity index (χ3n) is 7.06. The van der Waals surface area contributed by atoms with E-state index in [1.807, 2.05) is 24.3 Å². The van der Waals surface area contributed by atoms with Gasteiger partial charge in [-0.25, -0.2) is 9.69 Å². The Hall–Kier alpha value is -2.37. The first-order valence-corrected chi connectivity index (χ1v) is 13.4. The molecular formula is C29H39ClN2O3. The number of ketones is 1. The van der Waals surface area contributed by atoms with Crippen LogP contribution < -0.4 is 4.90 Å². The van der Waals surface area contributed by atoms with Gasteiger partial charge in [-0.05, 0) is 94.1 Å². The van der Waals surface area contributed by atoms with Crippen LogP contribution in [0.15, 0.2) is 48.5 Å². The molecule has 1 aliphatic carbocycles. The number of anilines is 2. The second-order valence-corrected chi connectivity index (χ2v) is 10.2. The molecule has 0 aliphatic heterocycles. The molecule has 0 aromatic heterocycles. The lowest BCUT2D eigenvalue weighted by Crippen LogP contribution is -2.36. The molecule has 6 heteroatoms. The summed E-state index contributed by atoms with van der Waals surface area (Å²) in [6.07, 6.45) is 8.40. The zero-order valence-corrected chi connectivity index (χ0v) is 21.8. The molecule has 0 radical (unpaired) electrons. The number of rotatable bonds is 12. The standard InChI is InChI=1S/C29H39ClN2O3/c1-3-19-31(20-7-10-28(33)24-8-5-4-6-9-24)22(2)21-23-11-15-26(16-12-23)32(29(34)35)27-17-13-25(30)14-18-27/h11-18,22,24H,3-10,19-21H2,1-2H3,(H,34,35). The van der Waals surface area contributed by atoms with Gasteiger partial charge >= 0.3 is 6.09 Å². The second kappa shape index (κ2) is 13.6. The molecule has 1 amide bonds. The van der Waals surface area contributed by atoms with Crippen molar-refractivity contribution in [3.8, 4) is 0 Å². The summed E-state index contributed by atoms with van der Waals surface area (Å²) in [4.78, 5) is 28.2. The van der Waals surface area contributed by atoms with Gasteiger partial charge in [0.05, 0.1) is 11.4 Å². The zero-order valence-electron chi connectivity index (χ0n) is 21.1. The molecule has 1 aliphatic rings. The van der Waals surface area contributed by atoms with Gasteiger partial charge in [-0.1, -0.05) is 49.9 Å². The van der Waals surface area contributed by atoms with Gasteiger partial charge in [-0.2, -0.15) is 0 Å². The number of benzene rings is 2. The number of Topliss-reactive ketones (excluding diaryl/α,β-unsaturated/α-hetero) is 1. The quantitative estimate of drug-likeness (QED) is 0.325. The summed E-state index contributed by atoms with van der Waals surface area (Å²) in [5, 5.41) is 10.3. The molecular weight excluding hydrogens is 460 g/mol. The third-order valence-corrected chi connectivity index (χ3v) is 7.32. The molecule has 1 saturated carbocycles. The fourth-order valence-electron chi connectivity index (χ4n) is 5.14. The highest BCUT2D eigenvalue weighted by atomic mass is 35.5. The van der Waals surface area contributed by atoms with E-state index in [1.165, 1.54) is 29.7 Å². The number of carboxylic acid groups (broad SMARTS) is 1. The van der Waals surface area contributed by atoms with Crippen LogP contribution >= 0.6 is 11.6 Å². The van der Waals surface area contributed by atoms with Crippen LogP contribution in [0.4, 0.5) is 16.2 Å². The molecule has 5 nitrogen and oxygen atoms in total. The Balaban J connectivity index is 1.57. The van der Waals surface area contributed by atoms with Crippen LogP contribution in [0.2, 0.25) is 5.02 Å². The van der Waals surface area contributed by atoms with E-state index in [9.17, 15) is 14.7 Å². The summed E-state index contributed by atoms with van der Waals surface area (Å²) in [5.41, 5.74) is 2.32. The topological polar surface area (TPSA) is 60.9 Å². The third kappa shape index (κ3) is 8.08.